The largest absolute Gasteiger partial charge is 0.505 e. The monoisotopic (exact) mass is 194 g/mol. The zero-order valence-corrected chi connectivity index (χ0v) is 8.08. The molecule has 0 saturated heterocycles. The summed E-state index contributed by atoms with van der Waals surface area (Å²) < 4.78 is 5.19. The molecular weight excluding hydrogens is 180 g/mol. The Kier molecular flexibility index (Phi) is 2.00. The Morgan fingerprint density at radius 1 is 1.57 bits per heavy atom. The lowest BCUT2D eigenvalue weighted by atomic mass is 10.0. The zero-order chi connectivity index (χ0) is 10.3. The Labute approximate surface area is 82.5 Å². The van der Waals surface area contributed by atoms with Gasteiger partial charge < -0.3 is 21.3 Å². The molecule has 5 N–H and O–H groups in total. The minimum absolute atomic E-state index is 0.116. The first kappa shape index (κ1) is 9.15. The fourth-order valence-electron chi connectivity index (χ4n) is 2.01. The summed E-state index contributed by atoms with van der Waals surface area (Å²) in [5, 5.41) is 9.75. The number of ether oxygens (including phenoxy) is 1. The molecule has 0 fully saturated rings. The topological polar surface area (TPSA) is 81.5 Å². The minimum Gasteiger partial charge on any atom is -0.505 e. The van der Waals surface area contributed by atoms with Crippen LogP contribution in [-0.2, 0) is 6.42 Å². The molecule has 1 aromatic rings. The summed E-state index contributed by atoms with van der Waals surface area (Å²) in [6.07, 6.45) is 1.68. The molecule has 0 heterocycles. The third kappa shape index (κ3) is 1.11. The predicted octanol–water partition coefficient (Wildman–Crippen LogP) is 0.929. The lowest BCUT2D eigenvalue weighted by Crippen LogP contribution is -2.06. The quantitative estimate of drug-likeness (QED) is 0.459. The summed E-state index contributed by atoms with van der Waals surface area (Å²) in [6, 6.07) is 1.52. The molecule has 76 valence electrons. The standard InChI is InChI=1S/C10H14N2O2/c1-14-8-4-7(12)10(13)9-5(8)2-3-6(9)11/h4,6,13H,2-3,11-12H2,1H3/t6-/m0/s1. The van der Waals surface area contributed by atoms with Crippen LogP contribution in [0.3, 0.4) is 0 Å². The molecule has 0 aliphatic heterocycles. The first-order valence-corrected chi connectivity index (χ1v) is 4.59. The van der Waals surface area contributed by atoms with Gasteiger partial charge in [0.05, 0.1) is 12.8 Å². The molecular formula is C10H14N2O2. The lowest BCUT2D eigenvalue weighted by molar-refractivity contribution is 0.408. The van der Waals surface area contributed by atoms with Gasteiger partial charge in [-0.3, -0.25) is 0 Å². The number of hydrogen-bond donors (Lipinski definition) is 3. The molecule has 4 nitrogen and oxygen atoms in total. The number of aromatic hydroxyl groups is 1. The number of phenols is 1. The van der Waals surface area contributed by atoms with Gasteiger partial charge >= 0.3 is 0 Å². The molecule has 1 atom stereocenters. The van der Waals surface area contributed by atoms with Crippen molar-refractivity contribution >= 4 is 5.69 Å². The van der Waals surface area contributed by atoms with Crippen LogP contribution >= 0.6 is 0 Å². The Hall–Kier alpha value is -1.42. The van der Waals surface area contributed by atoms with Crippen molar-refractivity contribution in [3.05, 3.63) is 17.2 Å². The number of methoxy groups -OCH3 is 1. The van der Waals surface area contributed by atoms with Gasteiger partial charge in [0.1, 0.15) is 11.5 Å². The summed E-state index contributed by atoms with van der Waals surface area (Å²) in [7, 11) is 1.59. The van der Waals surface area contributed by atoms with Crippen LogP contribution in [0.1, 0.15) is 23.6 Å². The number of anilines is 1. The molecule has 0 unspecified atom stereocenters. The number of fused-ring (bicyclic) bond motifs is 1. The summed E-state index contributed by atoms with van der Waals surface area (Å²) in [5.74, 6) is 0.842. The maximum atomic E-state index is 9.75. The average molecular weight is 194 g/mol. The van der Waals surface area contributed by atoms with E-state index in [9.17, 15) is 5.11 Å². The number of nitrogen functional groups attached to an aromatic ring is 1. The van der Waals surface area contributed by atoms with Crippen molar-refractivity contribution in [1.29, 1.82) is 0 Å². The van der Waals surface area contributed by atoms with E-state index in [0.29, 0.717) is 5.69 Å². The van der Waals surface area contributed by atoms with Crippen molar-refractivity contribution in [2.24, 2.45) is 5.73 Å². The van der Waals surface area contributed by atoms with Crippen molar-refractivity contribution in [2.75, 3.05) is 12.8 Å². The first-order chi connectivity index (χ1) is 6.65. The van der Waals surface area contributed by atoms with Crippen molar-refractivity contribution in [1.82, 2.24) is 0 Å². The first-order valence-electron chi connectivity index (χ1n) is 4.59. The molecule has 0 amide bonds. The molecule has 0 radical (unpaired) electrons. The molecule has 14 heavy (non-hydrogen) atoms. The number of benzene rings is 1. The molecule has 1 aliphatic carbocycles. The smallest absolute Gasteiger partial charge is 0.143 e. The third-order valence-electron chi connectivity index (χ3n) is 2.73. The van der Waals surface area contributed by atoms with Gasteiger partial charge in [-0.25, -0.2) is 0 Å². The average Bonchev–Trinajstić information content (AvgIpc) is 2.54. The number of phenolic OH excluding ortho intramolecular Hbond substituents is 1. The van der Waals surface area contributed by atoms with E-state index in [2.05, 4.69) is 0 Å². The van der Waals surface area contributed by atoms with E-state index in [-0.39, 0.29) is 11.8 Å². The second-order valence-electron chi connectivity index (χ2n) is 3.55. The Bertz CT molecular complexity index is 377. The van der Waals surface area contributed by atoms with Crippen LogP contribution in [0.15, 0.2) is 6.07 Å². The zero-order valence-electron chi connectivity index (χ0n) is 8.08. The van der Waals surface area contributed by atoms with Crippen molar-refractivity contribution in [2.45, 2.75) is 18.9 Å². The second-order valence-corrected chi connectivity index (χ2v) is 3.55. The van der Waals surface area contributed by atoms with Gasteiger partial charge in [0.25, 0.3) is 0 Å². The SMILES string of the molecule is COc1cc(N)c(O)c2c1CC[C@@H]2N. The van der Waals surface area contributed by atoms with E-state index in [1.165, 1.54) is 0 Å². The van der Waals surface area contributed by atoms with Crippen LogP contribution in [0.25, 0.3) is 0 Å². The van der Waals surface area contributed by atoms with Crippen LogP contribution in [-0.4, -0.2) is 12.2 Å². The number of nitrogens with two attached hydrogens (primary N) is 2. The summed E-state index contributed by atoms with van der Waals surface area (Å²) >= 11 is 0. The Balaban J connectivity index is 2.66. The minimum atomic E-state index is -0.123. The maximum absolute atomic E-state index is 9.75. The normalized spacial score (nSPS) is 19.4. The highest BCUT2D eigenvalue weighted by Crippen LogP contribution is 2.44. The highest BCUT2D eigenvalue weighted by molar-refractivity contribution is 5.65. The Morgan fingerprint density at radius 2 is 2.29 bits per heavy atom. The van der Waals surface area contributed by atoms with Crippen molar-refractivity contribution < 1.29 is 9.84 Å². The number of rotatable bonds is 1. The van der Waals surface area contributed by atoms with Crippen molar-refractivity contribution in [3.63, 3.8) is 0 Å². The van der Waals surface area contributed by atoms with Crippen LogP contribution in [0.2, 0.25) is 0 Å². The van der Waals surface area contributed by atoms with Gasteiger partial charge in [0.2, 0.25) is 0 Å². The molecule has 0 aromatic heterocycles. The molecule has 0 bridgehead atoms. The molecule has 1 aromatic carbocycles. The van der Waals surface area contributed by atoms with E-state index in [0.717, 1.165) is 29.7 Å². The number of hydrogen-bond acceptors (Lipinski definition) is 4. The predicted molar refractivity (Wildman–Crippen MR) is 54.3 cm³/mol. The van der Waals surface area contributed by atoms with Gasteiger partial charge in [-0.15, -0.1) is 0 Å². The van der Waals surface area contributed by atoms with Gasteiger partial charge in [-0.05, 0) is 12.8 Å². The fourth-order valence-corrected chi connectivity index (χ4v) is 2.01. The highest BCUT2D eigenvalue weighted by atomic mass is 16.5. The van der Waals surface area contributed by atoms with E-state index in [1.54, 1.807) is 13.2 Å². The van der Waals surface area contributed by atoms with E-state index < -0.39 is 0 Å². The molecule has 2 rings (SSSR count). The van der Waals surface area contributed by atoms with Gasteiger partial charge in [0, 0.05) is 23.2 Å². The van der Waals surface area contributed by atoms with Crippen LogP contribution < -0.4 is 16.2 Å². The second kappa shape index (κ2) is 3.06. The van der Waals surface area contributed by atoms with Crippen molar-refractivity contribution in [3.8, 4) is 11.5 Å². The van der Waals surface area contributed by atoms with Crippen LogP contribution in [0.5, 0.6) is 11.5 Å². The van der Waals surface area contributed by atoms with Crippen LogP contribution in [0.4, 0.5) is 5.69 Å². The Morgan fingerprint density at radius 3 is 2.93 bits per heavy atom. The van der Waals surface area contributed by atoms with E-state index in [1.807, 2.05) is 0 Å². The van der Waals surface area contributed by atoms with E-state index >= 15 is 0 Å². The summed E-state index contributed by atoms with van der Waals surface area (Å²) in [4.78, 5) is 0. The molecule has 0 saturated carbocycles. The van der Waals surface area contributed by atoms with Gasteiger partial charge in [0.15, 0.2) is 0 Å². The van der Waals surface area contributed by atoms with E-state index in [4.69, 9.17) is 16.2 Å². The third-order valence-corrected chi connectivity index (χ3v) is 2.73. The highest BCUT2D eigenvalue weighted by Gasteiger charge is 2.27. The summed E-state index contributed by atoms with van der Waals surface area (Å²) in [5.41, 5.74) is 13.6. The molecule has 0 spiro atoms. The lowest BCUT2D eigenvalue weighted by Gasteiger charge is -2.13. The fraction of sp³-hybridized carbons (Fsp3) is 0.400. The van der Waals surface area contributed by atoms with Gasteiger partial charge in [-0.2, -0.15) is 0 Å². The van der Waals surface area contributed by atoms with Crippen LogP contribution in [0, 0.1) is 0 Å². The maximum Gasteiger partial charge on any atom is 0.143 e. The summed E-state index contributed by atoms with van der Waals surface area (Å²) in [6.45, 7) is 0. The van der Waals surface area contributed by atoms with Gasteiger partial charge in [-0.1, -0.05) is 0 Å². The molecule has 4 heteroatoms. The molecule has 1 aliphatic rings.